The Morgan fingerprint density at radius 2 is 1.26 bits per heavy atom. The number of nitrogens with zero attached hydrogens (tertiary/aromatic N) is 1. The number of pyridine rings is 1. The number of hydrogen-bond donors (Lipinski definition) is 0. The van der Waals surface area contributed by atoms with Crippen LogP contribution in [0.3, 0.4) is 0 Å². The van der Waals surface area contributed by atoms with Gasteiger partial charge in [0.15, 0.2) is 5.78 Å². The zero-order valence-electron chi connectivity index (χ0n) is 12.9. The van der Waals surface area contributed by atoms with Crippen molar-refractivity contribution in [1.82, 2.24) is 4.98 Å². The number of hydrogen-bond acceptors (Lipinski definition) is 2. The summed E-state index contributed by atoms with van der Waals surface area (Å²) < 4.78 is 0. The van der Waals surface area contributed by atoms with E-state index in [4.69, 9.17) is 0 Å². The first-order valence-corrected chi connectivity index (χ1v) is 7.86. The molecule has 0 saturated heterocycles. The highest BCUT2D eigenvalue weighted by atomic mass is 16.1. The zero-order chi connectivity index (χ0) is 15.9. The van der Waals surface area contributed by atoms with Crippen molar-refractivity contribution in [1.29, 1.82) is 0 Å². The van der Waals surface area contributed by atoms with E-state index >= 15 is 0 Å². The summed E-state index contributed by atoms with van der Waals surface area (Å²) in [5.74, 6) is 0.00741. The Labute approximate surface area is 136 Å². The summed E-state index contributed by atoms with van der Waals surface area (Å²) in [6.45, 7) is 0. The maximum atomic E-state index is 12.9. The van der Waals surface area contributed by atoms with Gasteiger partial charge in [0.2, 0.25) is 0 Å². The summed E-state index contributed by atoms with van der Waals surface area (Å²) in [4.78, 5) is 17.1. The van der Waals surface area contributed by atoms with E-state index in [9.17, 15) is 4.79 Å². The van der Waals surface area contributed by atoms with E-state index in [0.29, 0.717) is 5.69 Å². The number of carbonyl (C=O) groups excluding carboxylic acids is 1. The van der Waals surface area contributed by atoms with Crippen LogP contribution in [0.2, 0.25) is 0 Å². The Bertz CT molecular complexity index is 697. The van der Waals surface area contributed by atoms with Gasteiger partial charge < -0.3 is 0 Å². The first-order chi connectivity index (χ1) is 11.3. The van der Waals surface area contributed by atoms with Gasteiger partial charge in [0.1, 0.15) is 5.69 Å². The molecule has 0 fully saturated rings. The minimum atomic E-state index is -0.102. The number of aromatic nitrogens is 1. The molecule has 0 aliphatic rings. The molecule has 114 valence electrons. The van der Waals surface area contributed by atoms with Gasteiger partial charge in [-0.05, 0) is 36.1 Å². The van der Waals surface area contributed by atoms with Gasteiger partial charge in [-0.3, -0.25) is 9.78 Å². The molecule has 2 heteroatoms. The van der Waals surface area contributed by atoms with E-state index in [2.05, 4.69) is 29.2 Å². The second-order valence-electron chi connectivity index (χ2n) is 5.66. The van der Waals surface area contributed by atoms with Gasteiger partial charge in [-0.25, -0.2) is 0 Å². The Balaban J connectivity index is 1.85. The molecule has 0 atom stereocenters. The second-order valence-corrected chi connectivity index (χ2v) is 5.66. The standard InChI is InChI=1S/C21H19NO/c23-21(20-13-7-8-14-22-20)19(15-17-9-3-1-4-10-17)16-18-11-5-2-6-12-18/h1-14,19H,15-16H2. The normalized spacial score (nSPS) is 10.7. The van der Waals surface area contributed by atoms with Crippen LogP contribution in [0.15, 0.2) is 85.1 Å². The van der Waals surface area contributed by atoms with Gasteiger partial charge in [0, 0.05) is 12.1 Å². The molecule has 0 saturated carbocycles. The SMILES string of the molecule is O=C(c1ccccn1)C(Cc1ccccc1)Cc1ccccc1. The van der Waals surface area contributed by atoms with Crippen LogP contribution in [0.1, 0.15) is 21.6 Å². The van der Waals surface area contributed by atoms with E-state index < -0.39 is 0 Å². The van der Waals surface area contributed by atoms with Crippen LogP contribution >= 0.6 is 0 Å². The lowest BCUT2D eigenvalue weighted by Gasteiger charge is -2.16. The Morgan fingerprint density at radius 1 is 0.739 bits per heavy atom. The highest BCUT2D eigenvalue weighted by Crippen LogP contribution is 2.19. The topological polar surface area (TPSA) is 30.0 Å². The lowest BCUT2D eigenvalue weighted by molar-refractivity contribution is 0.0913. The predicted molar refractivity (Wildman–Crippen MR) is 92.3 cm³/mol. The van der Waals surface area contributed by atoms with Crippen molar-refractivity contribution in [3.63, 3.8) is 0 Å². The molecule has 3 rings (SSSR count). The predicted octanol–water partition coefficient (Wildman–Crippen LogP) is 4.37. The van der Waals surface area contributed by atoms with Crippen LogP contribution < -0.4 is 0 Å². The molecular formula is C21H19NO. The molecule has 0 N–H and O–H groups in total. The highest BCUT2D eigenvalue weighted by Gasteiger charge is 2.21. The Kier molecular flexibility index (Phi) is 4.95. The van der Waals surface area contributed by atoms with Crippen molar-refractivity contribution in [3.8, 4) is 0 Å². The lowest BCUT2D eigenvalue weighted by Crippen LogP contribution is -2.21. The first-order valence-electron chi connectivity index (χ1n) is 7.86. The van der Waals surface area contributed by atoms with Gasteiger partial charge in [-0.2, -0.15) is 0 Å². The highest BCUT2D eigenvalue weighted by molar-refractivity contribution is 5.96. The molecule has 1 aromatic heterocycles. The summed E-state index contributed by atoms with van der Waals surface area (Å²) >= 11 is 0. The van der Waals surface area contributed by atoms with Crippen molar-refractivity contribution in [2.45, 2.75) is 12.8 Å². The van der Waals surface area contributed by atoms with E-state index in [-0.39, 0.29) is 11.7 Å². The quantitative estimate of drug-likeness (QED) is 0.633. The van der Waals surface area contributed by atoms with Crippen molar-refractivity contribution in [2.75, 3.05) is 0 Å². The summed E-state index contributed by atoms with van der Waals surface area (Å²) in [7, 11) is 0. The van der Waals surface area contributed by atoms with E-state index in [0.717, 1.165) is 12.8 Å². The van der Waals surface area contributed by atoms with Crippen LogP contribution in [0.5, 0.6) is 0 Å². The third-order valence-corrected chi connectivity index (χ3v) is 3.94. The number of ketones is 1. The molecule has 23 heavy (non-hydrogen) atoms. The summed E-state index contributed by atoms with van der Waals surface area (Å²) in [6.07, 6.45) is 3.13. The van der Waals surface area contributed by atoms with Gasteiger partial charge >= 0.3 is 0 Å². The number of carbonyl (C=O) groups is 1. The first kappa shape index (κ1) is 15.2. The Morgan fingerprint density at radius 3 is 1.74 bits per heavy atom. The van der Waals surface area contributed by atoms with Crippen molar-refractivity contribution < 1.29 is 4.79 Å². The average molecular weight is 301 g/mol. The van der Waals surface area contributed by atoms with Crippen LogP contribution in [-0.4, -0.2) is 10.8 Å². The number of Topliss-reactive ketones (excluding diaryl/α,β-unsaturated/α-hetero) is 1. The maximum absolute atomic E-state index is 12.9. The molecule has 2 aromatic carbocycles. The summed E-state index contributed by atoms with van der Waals surface area (Å²) in [5.41, 5.74) is 2.90. The fraction of sp³-hybridized carbons (Fsp3) is 0.143. The molecule has 0 bridgehead atoms. The third-order valence-electron chi connectivity index (χ3n) is 3.94. The monoisotopic (exact) mass is 301 g/mol. The smallest absolute Gasteiger partial charge is 0.184 e. The van der Waals surface area contributed by atoms with Crippen LogP contribution in [-0.2, 0) is 12.8 Å². The fourth-order valence-corrected chi connectivity index (χ4v) is 2.77. The second kappa shape index (κ2) is 7.50. The molecule has 0 radical (unpaired) electrons. The zero-order valence-corrected chi connectivity index (χ0v) is 12.9. The average Bonchev–Trinajstić information content (AvgIpc) is 2.63. The molecule has 0 spiro atoms. The molecule has 1 heterocycles. The minimum Gasteiger partial charge on any atom is -0.292 e. The van der Waals surface area contributed by atoms with Crippen LogP contribution in [0.25, 0.3) is 0 Å². The van der Waals surface area contributed by atoms with E-state index in [1.165, 1.54) is 11.1 Å². The van der Waals surface area contributed by atoms with E-state index in [1.54, 1.807) is 12.3 Å². The molecule has 0 aliphatic carbocycles. The fourth-order valence-electron chi connectivity index (χ4n) is 2.77. The lowest BCUT2D eigenvalue weighted by atomic mass is 9.88. The number of rotatable bonds is 6. The minimum absolute atomic E-state index is 0.102. The maximum Gasteiger partial charge on any atom is 0.184 e. The van der Waals surface area contributed by atoms with E-state index in [1.807, 2.05) is 48.5 Å². The van der Waals surface area contributed by atoms with Crippen LogP contribution in [0.4, 0.5) is 0 Å². The van der Waals surface area contributed by atoms with Crippen molar-refractivity contribution >= 4 is 5.78 Å². The number of benzene rings is 2. The van der Waals surface area contributed by atoms with Crippen molar-refractivity contribution in [3.05, 3.63) is 102 Å². The van der Waals surface area contributed by atoms with Gasteiger partial charge in [-0.15, -0.1) is 0 Å². The molecular weight excluding hydrogens is 282 g/mol. The molecule has 0 aliphatic heterocycles. The van der Waals surface area contributed by atoms with Crippen molar-refractivity contribution in [2.24, 2.45) is 5.92 Å². The summed E-state index contributed by atoms with van der Waals surface area (Å²) in [5, 5.41) is 0. The largest absolute Gasteiger partial charge is 0.292 e. The third kappa shape index (κ3) is 4.13. The molecule has 2 nitrogen and oxygen atoms in total. The van der Waals surface area contributed by atoms with Gasteiger partial charge in [-0.1, -0.05) is 66.7 Å². The molecule has 0 amide bonds. The van der Waals surface area contributed by atoms with Gasteiger partial charge in [0.05, 0.1) is 0 Å². The Hall–Kier alpha value is -2.74. The molecule has 3 aromatic rings. The van der Waals surface area contributed by atoms with Gasteiger partial charge in [0.25, 0.3) is 0 Å². The van der Waals surface area contributed by atoms with Crippen LogP contribution in [0, 0.1) is 5.92 Å². The summed E-state index contributed by atoms with van der Waals surface area (Å²) in [6, 6.07) is 25.8. The molecule has 0 unspecified atom stereocenters.